The molecule has 4 aromatic rings. The van der Waals surface area contributed by atoms with Crippen molar-refractivity contribution in [3.63, 3.8) is 0 Å². The van der Waals surface area contributed by atoms with Gasteiger partial charge in [-0.2, -0.15) is 5.10 Å². The minimum absolute atomic E-state index is 0.0501. The van der Waals surface area contributed by atoms with Crippen molar-refractivity contribution in [2.45, 2.75) is 11.7 Å². The van der Waals surface area contributed by atoms with Crippen LogP contribution in [-0.2, 0) is 11.3 Å². The number of thioether (sulfide) groups is 1. The minimum Gasteiger partial charge on any atom is -0.508 e. The van der Waals surface area contributed by atoms with Gasteiger partial charge in [0.25, 0.3) is 5.91 Å². The van der Waals surface area contributed by atoms with E-state index in [2.05, 4.69) is 26.0 Å². The molecule has 35 heavy (non-hydrogen) atoms. The third-order valence-corrected chi connectivity index (χ3v) is 5.93. The van der Waals surface area contributed by atoms with E-state index in [1.807, 2.05) is 47.0 Å². The lowest BCUT2D eigenvalue weighted by molar-refractivity contribution is -0.118. The maximum absolute atomic E-state index is 12.3. The maximum atomic E-state index is 12.3. The summed E-state index contributed by atoms with van der Waals surface area (Å²) in [4.78, 5) is 12.3. The quantitative estimate of drug-likeness (QED) is 0.152. The lowest BCUT2D eigenvalue weighted by atomic mass is 10.2. The van der Waals surface area contributed by atoms with Gasteiger partial charge in [-0.25, -0.2) is 5.43 Å². The molecule has 0 fully saturated rings. The first-order valence-electron chi connectivity index (χ1n) is 10.5. The number of carbonyl (C=O) groups is 1. The zero-order valence-electron chi connectivity index (χ0n) is 18.3. The smallest absolute Gasteiger partial charge is 0.250 e. The number of rotatable bonds is 9. The second kappa shape index (κ2) is 11.4. The number of aromatic nitrogens is 3. The number of halogens is 1. The van der Waals surface area contributed by atoms with Crippen molar-refractivity contribution in [2.24, 2.45) is 5.10 Å². The number of benzene rings is 3. The van der Waals surface area contributed by atoms with Gasteiger partial charge in [0.05, 0.1) is 18.5 Å². The van der Waals surface area contributed by atoms with Crippen LogP contribution in [-0.4, -0.2) is 42.9 Å². The number of carbonyl (C=O) groups excluding carboxylic acids is 1. The van der Waals surface area contributed by atoms with Crippen molar-refractivity contribution in [1.29, 1.82) is 0 Å². The fourth-order valence-corrected chi connectivity index (χ4v) is 3.96. The molecule has 4 N–H and O–H groups in total. The van der Waals surface area contributed by atoms with Gasteiger partial charge in [0.15, 0.2) is 11.0 Å². The molecule has 3 aromatic carbocycles. The number of nitrogens with one attached hydrogen (secondary N) is 2. The molecule has 178 valence electrons. The molecule has 1 amide bonds. The molecule has 0 spiro atoms. The van der Waals surface area contributed by atoms with Gasteiger partial charge in [-0.15, -0.1) is 10.2 Å². The molecule has 11 heteroatoms. The van der Waals surface area contributed by atoms with E-state index in [0.29, 0.717) is 28.1 Å². The highest BCUT2D eigenvalue weighted by molar-refractivity contribution is 7.99. The van der Waals surface area contributed by atoms with Crippen molar-refractivity contribution in [3.05, 3.63) is 89.2 Å². The molecule has 0 aliphatic heterocycles. The Balaban J connectivity index is 1.42. The summed E-state index contributed by atoms with van der Waals surface area (Å²) in [5.41, 5.74) is 4.54. The van der Waals surface area contributed by atoms with Crippen molar-refractivity contribution < 1.29 is 15.0 Å². The topological polar surface area (TPSA) is 125 Å². The lowest BCUT2D eigenvalue weighted by Gasteiger charge is -2.11. The van der Waals surface area contributed by atoms with Gasteiger partial charge in [-0.1, -0.05) is 41.6 Å². The van der Waals surface area contributed by atoms with Crippen LogP contribution < -0.4 is 10.7 Å². The monoisotopic (exact) mass is 508 g/mol. The Morgan fingerprint density at radius 2 is 1.83 bits per heavy atom. The van der Waals surface area contributed by atoms with Gasteiger partial charge < -0.3 is 15.5 Å². The largest absolute Gasteiger partial charge is 0.508 e. The molecule has 0 atom stereocenters. The summed E-state index contributed by atoms with van der Waals surface area (Å²) >= 11 is 7.18. The van der Waals surface area contributed by atoms with Crippen LogP contribution in [0.5, 0.6) is 11.5 Å². The van der Waals surface area contributed by atoms with Crippen molar-refractivity contribution in [2.75, 3.05) is 11.1 Å². The highest BCUT2D eigenvalue weighted by Gasteiger charge is 2.16. The Bertz CT molecular complexity index is 1330. The molecule has 0 unspecified atom stereocenters. The van der Waals surface area contributed by atoms with Crippen LogP contribution in [0.4, 0.5) is 5.69 Å². The molecule has 0 aliphatic carbocycles. The molecular weight excluding hydrogens is 488 g/mol. The van der Waals surface area contributed by atoms with E-state index in [-0.39, 0.29) is 23.2 Å². The van der Waals surface area contributed by atoms with Gasteiger partial charge >= 0.3 is 0 Å². The third kappa shape index (κ3) is 6.52. The van der Waals surface area contributed by atoms with Crippen molar-refractivity contribution >= 4 is 41.2 Å². The van der Waals surface area contributed by atoms with Crippen LogP contribution in [0.1, 0.15) is 11.4 Å². The molecule has 0 saturated heterocycles. The van der Waals surface area contributed by atoms with Gasteiger partial charge in [0.1, 0.15) is 11.5 Å². The molecule has 0 aliphatic rings. The average molecular weight is 509 g/mol. The Morgan fingerprint density at radius 1 is 1.06 bits per heavy atom. The first kappa shape index (κ1) is 24.1. The molecule has 9 nitrogen and oxygen atoms in total. The van der Waals surface area contributed by atoms with E-state index in [1.54, 1.807) is 12.1 Å². The Kier molecular flexibility index (Phi) is 7.86. The number of para-hydroxylation sites is 1. The summed E-state index contributed by atoms with van der Waals surface area (Å²) in [6.45, 7) is 0.413. The lowest BCUT2D eigenvalue weighted by Crippen LogP contribution is -2.20. The standard InChI is InChI=1S/C24H21ClN6O3S/c25-17-7-9-18(10-8-17)26-14-22-28-30-24(31(22)19-4-2-1-3-5-19)35-15-23(34)29-27-13-16-6-11-20(32)12-21(16)33/h1-13,26,32-33H,14-15H2,(H,29,34)/b27-13-. The van der Waals surface area contributed by atoms with E-state index in [0.717, 1.165) is 11.4 Å². The maximum Gasteiger partial charge on any atom is 0.250 e. The van der Waals surface area contributed by atoms with Crippen molar-refractivity contribution in [1.82, 2.24) is 20.2 Å². The zero-order valence-corrected chi connectivity index (χ0v) is 19.9. The number of hydrogen-bond donors (Lipinski definition) is 4. The van der Waals surface area contributed by atoms with Gasteiger partial charge in [0, 0.05) is 28.0 Å². The second-order valence-electron chi connectivity index (χ2n) is 7.26. The fraction of sp³-hybridized carbons (Fsp3) is 0.0833. The molecule has 1 heterocycles. The normalized spacial score (nSPS) is 11.0. The van der Waals surface area contributed by atoms with E-state index in [4.69, 9.17) is 11.6 Å². The van der Waals surface area contributed by atoms with Crippen LogP contribution in [0.15, 0.2) is 83.1 Å². The van der Waals surface area contributed by atoms with Crippen LogP contribution in [0, 0.1) is 0 Å². The summed E-state index contributed by atoms with van der Waals surface area (Å²) < 4.78 is 1.89. The summed E-state index contributed by atoms with van der Waals surface area (Å²) in [7, 11) is 0. The number of phenolic OH excluding ortho intramolecular Hbond substituents is 2. The van der Waals surface area contributed by atoms with Gasteiger partial charge in [0.2, 0.25) is 0 Å². The summed E-state index contributed by atoms with van der Waals surface area (Å²) in [5, 5.41) is 36.1. The predicted molar refractivity (Wildman–Crippen MR) is 136 cm³/mol. The van der Waals surface area contributed by atoms with Crippen LogP contribution in [0.25, 0.3) is 5.69 Å². The second-order valence-corrected chi connectivity index (χ2v) is 8.63. The van der Waals surface area contributed by atoms with Crippen LogP contribution in [0.2, 0.25) is 5.02 Å². The molecule has 0 bridgehead atoms. The summed E-state index contributed by atoms with van der Waals surface area (Å²) in [6, 6.07) is 21.1. The average Bonchev–Trinajstić information content (AvgIpc) is 3.27. The Morgan fingerprint density at radius 3 is 2.57 bits per heavy atom. The predicted octanol–water partition coefficient (Wildman–Crippen LogP) is 4.19. The summed E-state index contributed by atoms with van der Waals surface area (Å²) in [6.07, 6.45) is 1.30. The number of anilines is 1. The Hall–Kier alpha value is -4.02. The number of phenols is 2. The number of aromatic hydroxyl groups is 2. The first-order chi connectivity index (χ1) is 17.0. The van der Waals surface area contributed by atoms with Crippen molar-refractivity contribution in [3.8, 4) is 17.2 Å². The van der Waals surface area contributed by atoms with E-state index >= 15 is 0 Å². The van der Waals surface area contributed by atoms with Crippen LogP contribution in [0.3, 0.4) is 0 Å². The number of amides is 1. The number of hydrogen-bond acceptors (Lipinski definition) is 8. The third-order valence-electron chi connectivity index (χ3n) is 4.75. The van der Waals surface area contributed by atoms with E-state index in [1.165, 1.54) is 36.2 Å². The highest BCUT2D eigenvalue weighted by atomic mass is 35.5. The molecule has 0 radical (unpaired) electrons. The fourth-order valence-electron chi connectivity index (χ4n) is 3.07. The SMILES string of the molecule is O=C(CSc1nnc(CNc2ccc(Cl)cc2)n1-c1ccccc1)N/N=C\c1ccc(O)cc1O. The minimum atomic E-state index is -0.354. The van der Waals surface area contributed by atoms with E-state index in [9.17, 15) is 15.0 Å². The molecule has 1 aromatic heterocycles. The molecule has 4 rings (SSSR count). The van der Waals surface area contributed by atoms with Crippen LogP contribution >= 0.6 is 23.4 Å². The van der Waals surface area contributed by atoms with E-state index < -0.39 is 0 Å². The number of hydrazone groups is 1. The van der Waals surface area contributed by atoms with Gasteiger partial charge in [-0.3, -0.25) is 9.36 Å². The summed E-state index contributed by atoms with van der Waals surface area (Å²) in [5.74, 6) is 0.162. The first-order valence-corrected chi connectivity index (χ1v) is 11.8. The Labute approximate surface area is 210 Å². The van der Waals surface area contributed by atoms with Gasteiger partial charge in [-0.05, 0) is 48.5 Å². The highest BCUT2D eigenvalue weighted by Crippen LogP contribution is 2.23. The molecule has 0 saturated carbocycles. The number of nitrogens with zero attached hydrogens (tertiary/aromatic N) is 4. The molecular formula is C24H21ClN6O3S. The zero-order chi connectivity index (χ0) is 24.6.